The number of hydrogen-bond acceptors (Lipinski definition) is 10. The van der Waals surface area contributed by atoms with Crippen molar-refractivity contribution in [3.8, 4) is 0 Å². The molecule has 1 aliphatic heterocycles. The summed E-state index contributed by atoms with van der Waals surface area (Å²) >= 11 is 0. The van der Waals surface area contributed by atoms with Gasteiger partial charge < -0.3 is 28.8 Å². The van der Waals surface area contributed by atoms with E-state index < -0.39 is 81.6 Å². The van der Waals surface area contributed by atoms with Gasteiger partial charge >= 0.3 is 17.9 Å². The zero-order valence-electron chi connectivity index (χ0n) is 24.4. The standard InChI is InChI=1S/C31H38O10/c1-15(2)24(34)41-27-28(3,4)22(21(33)25(35)38-7)30(6)18-8-10-29(5)19(17(18)13-31(27,37)26(30)36)12-20(32)40-23(29)16-9-11-39-14-16/h9,11-15,18,21-23,27,33,37H,8,10H2,1-7H3/t18-,21+,22-,23-,27-,29+,30+,31-/m0/s1. The summed E-state index contributed by atoms with van der Waals surface area (Å²) in [4.78, 5) is 53.2. The van der Waals surface area contributed by atoms with Gasteiger partial charge in [-0.3, -0.25) is 9.59 Å². The molecule has 3 aliphatic carbocycles. The Morgan fingerprint density at radius 1 is 1.12 bits per heavy atom. The van der Waals surface area contributed by atoms with Gasteiger partial charge in [-0.25, -0.2) is 9.59 Å². The molecule has 0 amide bonds. The van der Waals surface area contributed by atoms with Crippen LogP contribution in [0.5, 0.6) is 0 Å². The SMILES string of the molecule is COC(=O)[C@H](O)[C@H]1C(C)(C)[C@H](OC(=O)C(C)C)[C@]2(O)C=C3C4=CC(=O)O[C@@H](c5ccoc5)[C@]4(C)CC[C@@H]3[C@@]1(C)C2=O. The van der Waals surface area contributed by atoms with E-state index >= 15 is 0 Å². The number of aliphatic hydroxyl groups is 2. The van der Waals surface area contributed by atoms with E-state index in [1.807, 2.05) is 6.92 Å². The number of Topliss-reactive ketones (excluding diaryl/α,β-unsaturated/α-hetero) is 1. The Morgan fingerprint density at radius 3 is 2.39 bits per heavy atom. The number of rotatable bonds is 5. The van der Waals surface area contributed by atoms with E-state index in [4.69, 9.17) is 18.6 Å². The first-order chi connectivity index (χ1) is 19.0. The maximum atomic E-state index is 14.5. The van der Waals surface area contributed by atoms with Gasteiger partial charge in [0.05, 0.1) is 25.6 Å². The van der Waals surface area contributed by atoms with E-state index in [0.717, 1.165) is 7.11 Å². The summed E-state index contributed by atoms with van der Waals surface area (Å²) in [6.45, 7) is 10.2. The summed E-state index contributed by atoms with van der Waals surface area (Å²) in [5, 5.41) is 23.8. The van der Waals surface area contributed by atoms with Crippen molar-refractivity contribution >= 4 is 23.7 Å². The van der Waals surface area contributed by atoms with E-state index in [9.17, 15) is 29.4 Å². The first-order valence-corrected chi connectivity index (χ1v) is 14.0. The number of methoxy groups -OCH3 is 1. The predicted molar refractivity (Wildman–Crippen MR) is 143 cm³/mol. The van der Waals surface area contributed by atoms with Crippen LogP contribution in [0.2, 0.25) is 0 Å². The highest BCUT2D eigenvalue weighted by molar-refractivity contribution is 6.00. The summed E-state index contributed by atoms with van der Waals surface area (Å²) in [5.41, 5.74) is -4.00. The second-order valence-electron chi connectivity index (χ2n) is 13.2. The Morgan fingerprint density at radius 2 is 1.80 bits per heavy atom. The molecule has 5 rings (SSSR count). The maximum Gasteiger partial charge on any atom is 0.335 e. The van der Waals surface area contributed by atoms with Gasteiger partial charge in [0.2, 0.25) is 0 Å². The Kier molecular flexibility index (Phi) is 6.70. The van der Waals surface area contributed by atoms with E-state index in [1.165, 1.54) is 24.7 Å². The molecule has 0 unspecified atom stereocenters. The first-order valence-electron chi connectivity index (χ1n) is 14.0. The van der Waals surface area contributed by atoms with Crippen LogP contribution in [-0.2, 0) is 33.4 Å². The lowest BCUT2D eigenvalue weighted by atomic mass is 9.40. The van der Waals surface area contributed by atoms with Crippen LogP contribution in [0, 0.1) is 34.0 Å². The number of fused-ring (bicyclic) bond motifs is 6. The Balaban J connectivity index is 1.76. The third-order valence-electron chi connectivity index (χ3n) is 10.1. The molecule has 2 heterocycles. The number of cyclic esters (lactones) is 1. The molecule has 2 saturated carbocycles. The minimum absolute atomic E-state index is 0.431. The van der Waals surface area contributed by atoms with Crippen LogP contribution in [0.15, 0.2) is 46.3 Å². The summed E-state index contributed by atoms with van der Waals surface area (Å²) in [5.74, 6) is -5.08. The molecule has 0 spiro atoms. The molecule has 1 aromatic heterocycles. The molecule has 0 radical (unpaired) electrons. The van der Waals surface area contributed by atoms with Crippen molar-refractivity contribution in [1.29, 1.82) is 0 Å². The fourth-order valence-electron chi connectivity index (χ4n) is 8.27. The van der Waals surface area contributed by atoms with Crippen LogP contribution >= 0.6 is 0 Å². The number of allylic oxidation sites excluding steroid dienone is 1. The van der Waals surface area contributed by atoms with Crippen molar-refractivity contribution in [3.05, 3.63) is 47.5 Å². The number of ketones is 1. The van der Waals surface area contributed by atoms with Gasteiger partial charge in [0.1, 0.15) is 12.2 Å². The summed E-state index contributed by atoms with van der Waals surface area (Å²) in [7, 11) is 1.14. The van der Waals surface area contributed by atoms with E-state index in [0.29, 0.717) is 29.6 Å². The smallest absolute Gasteiger partial charge is 0.335 e. The summed E-state index contributed by atoms with van der Waals surface area (Å²) in [6.07, 6.45) is 2.89. The van der Waals surface area contributed by atoms with Crippen molar-refractivity contribution < 1.29 is 48.0 Å². The van der Waals surface area contributed by atoms with Crippen LogP contribution in [0.4, 0.5) is 0 Å². The first kappa shape index (κ1) is 29.3. The van der Waals surface area contributed by atoms with Crippen LogP contribution < -0.4 is 0 Å². The highest BCUT2D eigenvalue weighted by Gasteiger charge is 2.75. The van der Waals surface area contributed by atoms with Crippen LogP contribution in [-0.4, -0.2) is 58.8 Å². The normalized spacial score (nSPS) is 38.1. The second kappa shape index (κ2) is 9.39. The van der Waals surface area contributed by atoms with Gasteiger partial charge in [0, 0.05) is 33.8 Å². The van der Waals surface area contributed by atoms with E-state index in [-0.39, 0.29) is 0 Å². The quantitative estimate of drug-likeness (QED) is 0.399. The van der Waals surface area contributed by atoms with Gasteiger partial charge in [0.15, 0.2) is 17.5 Å². The lowest BCUT2D eigenvalue weighted by Crippen LogP contribution is -2.75. The molecule has 222 valence electrons. The van der Waals surface area contributed by atoms with Crippen molar-refractivity contribution in [2.24, 2.45) is 34.0 Å². The second-order valence-corrected chi connectivity index (χ2v) is 13.2. The third kappa shape index (κ3) is 3.90. The Bertz CT molecular complexity index is 1350. The average Bonchev–Trinajstić information content (AvgIpc) is 3.44. The van der Waals surface area contributed by atoms with Crippen molar-refractivity contribution in [2.45, 2.75) is 78.3 Å². The van der Waals surface area contributed by atoms with Gasteiger partial charge in [-0.1, -0.05) is 41.5 Å². The minimum Gasteiger partial charge on any atom is -0.472 e. The summed E-state index contributed by atoms with van der Waals surface area (Å²) in [6, 6.07) is 1.73. The molecule has 10 nitrogen and oxygen atoms in total. The molecule has 1 aromatic rings. The molecule has 0 saturated heterocycles. The number of ether oxygens (including phenoxy) is 3. The number of carbonyl (C=O) groups is 4. The molecule has 2 bridgehead atoms. The van der Waals surface area contributed by atoms with Crippen molar-refractivity contribution in [2.75, 3.05) is 7.11 Å². The minimum atomic E-state index is -2.30. The molecule has 2 N–H and O–H groups in total. The molecule has 8 atom stereocenters. The van der Waals surface area contributed by atoms with Crippen molar-refractivity contribution in [1.82, 2.24) is 0 Å². The number of hydrogen-bond donors (Lipinski definition) is 2. The molecular formula is C31H38O10. The van der Waals surface area contributed by atoms with Crippen molar-refractivity contribution in [3.63, 3.8) is 0 Å². The zero-order chi connectivity index (χ0) is 30.3. The maximum absolute atomic E-state index is 14.5. The number of esters is 3. The van der Waals surface area contributed by atoms with Gasteiger partial charge in [-0.15, -0.1) is 0 Å². The predicted octanol–water partition coefficient (Wildman–Crippen LogP) is 3.22. The van der Waals surface area contributed by atoms with Gasteiger partial charge in [-0.2, -0.15) is 0 Å². The lowest BCUT2D eigenvalue weighted by Gasteiger charge is -2.65. The summed E-state index contributed by atoms with van der Waals surface area (Å²) < 4.78 is 21.8. The van der Waals surface area contributed by atoms with Crippen LogP contribution in [0.25, 0.3) is 0 Å². The fraction of sp³-hybridized carbons (Fsp3) is 0.613. The molecule has 2 fully saturated rings. The Labute approximate surface area is 238 Å². The fourth-order valence-corrected chi connectivity index (χ4v) is 8.27. The molecule has 4 aliphatic rings. The highest BCUT2D eigenvalue weighted by Crippen LogP contribution is 2.68. The Hall–Kier alpha value is -3.24. The van der Waals surface area contributed by atoms with E-state index in [1.54, 1.807) is 40.7 Å². The molecule has 41 heavy (non-hydrogen) atoms. The molecule has 0 aromatic carbocycles. The number of carbonyl (C=O) groups excluding carboxylic acids is 4. The van der Waals surface area contributed by atoms with Gasteiger partial charge in [-0.05, 0) is 42.0 Å². The highest BCUT2D eigenvalue weighted by atomic mass is 16.6. The zero-order valence-corrected chi connectivity index (χ0v) is 24.4. The van der Waals surface area contributed by atoms with Crippen LogP contribution in [0.3, 0.4) is 0 Å². The third-order valence-corrected chi connectivity index (χ3v) is 10.1. The largest absolute Gasteiger partial charge is 0.472 e. The lowest BCUT2D eigenvalue weighted by molar-refractivity contribution is -0.234. The topological polar surface area (TPSA) is 150 Å². The molecular weight excluding hydrogens is 532 g/mol. The van der Waals surface area contributed by atoms with Crippen LogP contribution in [0.1, 0.15) is 66.1 Å². The average molecular weight is 571 g/mol. The number of furan rings is 1. The van der Waals surface area contributed by atoms with Gasteiger partial charge in [0.25, 0.3) is 0 Å². The monoisotopic (exact) mass is 570 g/mol. The van der Waals surface area contributed by atoms with E-state index in [2.05, 4.69) is 0 Å². The number of aliphatic hydroxyl groups excluding tert-OH is 1. The molecule has 10 heteroatoms.